The van der Waals surface area contributed by atoms with Crippen molar-refractivity contribution in [3.63, 3.8) is 0 Å². The Morgan fingerprint density at radius 3 is 2.24 bits per heavy atom. The smallest absolute Gasteiger partial charge is 0.164 e. The lowest BCUT2D eigenvalue weighted by Gasteiger charge is -2.21. The second-order valence-corrected chi connectivity index (χ2v) is 5.40. The second kappa shape index (κ2) is 6.81. The standard InChI is InChI=1S/C18H21F2N/c1-4-11-21-18(14-8-5-12(2)6-9-14)15-10-7-13(3)16(19)17(15)20/h5-10,18,21H,4,11H2,1-3H3. The fourth-order valence-electron chi connectivity index (χ4n) is 2.34. The summed E-state index contributed by atoms with van der Waals surface area (Å²) in [7, 11) is 0. The molecule has 2 rings (SSSR count). The van der Waals surface area contributed by atoms with Crippen molar-refractivity contribution in [2.45, 2.75) is 33.2 Å². The maximum Gasteiger partial charge on any atom is 0.164 e. The van der Waals surface area contributed by atoms with E-state index in [1.54, 1.807) is 19.1 Å². The zero-order valence-corrected chi connectivity index (χ0v) is 12.7. The largest absolute Gasteiger partial charge is 0.306 e. The van der Waals surface area contributed by atoms with E-state index in [2.05, 4.69) is 5.32 Å². The van der Waals surface area contributed by atoms with Crippen LogP contribution in [0.2, 0.25) is 0 Å². The van der Waals surface area contributed by atoms with E-state index in [1.807, 2.05) is 38.1 Å². The molecule has 0 saturated carbocycles. The van der Waals surface area contributed by atoms with E-state index in [4.69, 9.17) is 0 Å². The van der Waals surface area contributed by atoms with Gasteiger partial charge in [0, 0.05) is 5.56 Å². The molecule has 1 atom stereocenters. The first-order chi connectivity index (χ1) is 10.0. The first-order valence-corrected chi connectivity index (χ1v) is 7.29. The van der Waals surface area contributed by atoms with E-state index in [0.717, 1.165) is 24.1 Å². The minimum Gasteiger partial charge on any atom is -0.306 e. The molecule has 1 N–H and O–H groups in total. The van der Waals surface area contributed by atoms with E-state index in [1.165, 1.54) is 0 Å². The molecule has 0 aromatic heterocycles. The summed E-state index contributed by atoms with van der Waals surface area (Å²) in [5.74, 6) is -1.52. The SMILES string of the molecule is CCCNC(c1ccc(C)cc1)c1ccc(C)c(F)c1F. The summed E-state index contributed by atoms with van der Waals surface area (Å²) in [6, 6.07) is 10.8. The molecule has 21 heavy (non-hydrogen) atoms. The first-order valence-electron chi connectivity index (χ1n) is 7.29. The Bertz CT molecular complexity index is 605. The number of aryl methyl sites for hydroxylation is 2. The van der Waals surface area contributed by atoms with Gasteiger partial charge in [-0.1, -0.05) is 48.9 Å². The van der Waals surface area contributed by atoms with Gasteiger partial charge in [-0.05, 0) is 37.9 Å². The van der Waals surface area contributed by atoms with Crippen LogP contribution in [0.4, 0.5) is 8.78 Å². The van der Waals surface area contributed by atoms with Crippen LogP contribution >= 0.6 is 0 Å². The van der Waals surface area contributed by atoms with Crippen molar-refractivity contribution >= 4 is 0 Å². The minimum absolute atomic E-state index is 0.328. The highest BCUT2D eigenvalue weighted by Crippen LogP contribution is 2.27. The molecule has 0 bridgehead atoms. The quantitative estimate of drug-likeness (QED) is 0.843. The Morgan fingerprint density at radius 1 is 0.952 bits per heavy atom. The van der Waals surface area contributed by atoms with Crippen LogP contribution in [0.25, 0.3) is 0 Å². The number of halogens is 2. The summed E-state index contributed by atoms with van der Waals surface area (Å²) in [5, 5.41) is 3.30. The molecule has 1 unspecified atom stereocenters. The highest BCUT2D eigenvalue weighted by atomic mass is 19.2. The summed E-state index contributed by atoms with van der Waals surface area (Å²) in [5.41, 5.74) is 2.77. The average Bonchev–Trinajstić information content (AvgIpc) is 2.48. The summed E-state index contributed by atoms with van der Waals surface area (Å²) in [6.07, 6.45) is 0.929. The predicted octanol–water partition coefficient (Wildman–Crippen LogP) is 4.67. The Hall–Kier alpha value is -1.74. The van der Waals surface area contributed by atoms with Crippen molar-refractivity contribution < 1.29 is 8.78 Å². The zero-order chi connectivity index (χ0) is 15.4. The fraction of sp³-hybridized carbons (Fsp3) is 0.333. The number of hydrogen-bond donors (Lipinski definition) is 1. The van der Waals surface area contributed by atoms with Gasteiger partial charge >= 0.3 is 0 Å². The fourth-order valence-corrected chi connectivity index (χ4v) is 2.34. The molecule has 2 aromatic carbocycles. The van der Waals surface area contributed by atoms with Gasteiger partial charge in [-0.2, -0.15) is 0 Å². The van der Waals surface area contributed by atoms with Gasteiger partial charge in [0.1, 0.15) is 0 Å². The lowest BCUT2D eigenvalue weighted by Crippen LogP contribution is -2.24. The van der Waals surface area contributed by atoms with E-state index in [-0.39, 0.29) is 6.04 Å². The minimum atomic E-state index is -0.761. The average molecular weight is 289 g/mol. The number of nitrogens with one attached hydrogen (secondary N) is 1. The molecule has 0 fully saturated rings. The van der Waals surface area contributed by atoms with Crippen molar-refractivity contribution in [3.05, 3.63) is 70.3 Å². The van der Waals surface area contributed by atoms with Gasteiger partial charge in [0.15, 0.2) is 11.6 Å². The molecule has 0 amide bonds. The molecule has 0 aliphatic rings. The zero-order valence-electron chi connectivity index (χ0n) is 12.7. The van der Waals surface area contributed by atoms with Crippen molar-refractivity contribution in [1.82, 2.24) is 5.32 Å². The van der Waals surface area contributed by atoms with Crippen molar-refractivity contribution in [1.29, 1.82) is 0 Å². The second-order valence-electron chi connectivity index (χ2n) is 5.40. The molecule has 2 aromatic rings. The molecule has 0 heterocycles. The number of rotatable bonds is 5. The molecular weight excluding hydrogens is 268 g/mol. The third kappa shape index (κ3) is 3.48. The van der Waals surface area contributed by atoms with Crippen LogP contribution in [0, 0.1) is 25.5 Å². The van der Waals surface area contributed by atoms with Crippen molar-refractivity contribution in [3.8, 4) is 0 Å². The van der Waals surface area contributed by atoms with E-state index in [9.17, 15) is 8.78 Å². The monoisotopic (exact) mass is 289 g/mol. The topological polar surface area (TPSA) is 12.0 Å². The summed E-state index contributed by atoms with van der Waals surface area (Å²) in [4.78, 5) is 0. The Labute approximate surface area is 125 Å². The van der Waals surface area contributed by atoms with Crippen molar-refractivity contribution in [2.24, 2.45) is 0 Å². The number of benzene rings is 2. The Balaban J connectivity index is 2.45. The summed E-state index contributed by atoms with van der Waals surface area (Å²) in [6.45, 7) is 6.37. The van der Waals surface area contributed by atoms with Crippen LogP contribution in [0.3, 0.4) is 0 Å². The molecule has 0 spiro atoms. The summed E-state index contributed by atoms with van der Waals surface area (Å²) < 4.78 is 28.1. The van der Waals surface area contributed by atoms with Gasteiger partial charge in [-0.3, -0.25) is 0 Å². The number of hydrogen-bond acceptors (Lipinski definition) is 1. The van der Waals surface area contributed by atoms with Crippen molar-refractivity contribution in [2.75, 3.05) is 6.54 Å². The van der Waals surface area contributed by atoms with Gasteiger partial charge in [0.05, 0.1) is 6.04 Å². The van der Waals surface area contributed by atoms with Crippen LogP contribution in [-0.2, 0) is 0 Å². The van der Waals surface area contributed by atoms with Crippen LogP contribution in [-0.4, -0.2) is 6.54 Å². The highest BCUT2D eigenvalue weighted by Gasteiger charge is 2.20. The predicted molar refractivity (Wildman–Crippen MR) is 82.4 cm³/mol. The lowest BCUT2D eigenvalue weighted by atomic mass is 9.96. The van der Waals surface area contributed by atoms with Gasteiger partial charge in [-0.25, -0.2) is 8.78 Å². The molecule has 3 heteroatoms. The third-order valence-electron chi connectivity index (χ3n) is 3.63. The Morgan fingerprint density at radius 2 is 1.62 bits per heavy atom. The van der Waals surface area contributed by atoms with Gasteiger partial charge in [0.2, 0.25) is 0 Å². The third-order valence-corrected chi connectivity index (χ3v) is 3.63. The van der Waals surface area contributed by atoms with Crippen LogP contribution < -0.4 is 5.32 Å². The van der Waals surface area contributed by atoms with Crippen LogP contribution in [0.15, 0.2) is 36.4 Å². The van der Waals surface area contributed by atoms with Gasteiger partial charge < -0.3 is 5.32 Å². The van der Waals surface area contributed by atoms with E-state index < -0.39 is 11.6 Å². The lowest BCUT2D eigenvalue weighted by molar-refractivity contribution is 0.476. The van der Waals surface area contributed by atoms with Gasteiger partial charge in [0.25, 0.3) is 0 Å². The highest BCUT2D eigenvalue weighted by molar-refractivity contribution is 5.36. The molecule has 0 aliphatic carbocycles. The Kier molecular flexibility index (Phi) is 5.07. The van der Waals surface area contributed by atoms with Crippen LogP contribution in [0.1, 0.15) is 41.6 Å². The molecule has 0 radical (unpaired) electrons. The normalized spacial score (nSPS) is 12.4. The molecule has 1 nitrogen and oxygen atoms in total. The molecule has 112 valence electrons. The van der Waals surface area contributed by atoms with Crippen LogP contribution in [0.5, 0.6) is 0 Å². The van der Waals surface area contributed by atoms with Gasteiger partial charge in [-0.15, -0.1) is 0 Å². The van der Waals surface area contributed by atoms with E-state index >= 15 is 0 Å². The maximum atomic E-state index is 14.3. The molecule has 0 aliphatic heterocycles. The molecule has 0 saturated heterocycles. The van der Waals surface area contributed by atoms with E-state index in [0.29, 0.717) is 11.1 Å². The first kappa shape index (κ1) is 15.6. The summed E-state index contributed by atoms with van der Waals surface area (Å²) >= 11 is 0. The molecular formula is C18H21F2N. The maximum absolute atomic E-state index is 14.3.